The number of thioether (sulfide) groups is 1. The maximum atomic E-state index is 14.5. The van der Waals surface area contributed by atoms with Crippen molar-refractivity contribution >= 4 is 63.3 Å². The molecule has 0 aliphatic carbocycles. The summed E-state index contributed by atoms with van der Waals surface area (Å²) in [5, 5.41) is 20.3. The molecular formula is C29H21ClFN3O6S2. The van der Waals surface area contributed by atoms with Crippen molar-refractivity contribution in [3.8, 4) is 5.75 Å². The van der Waals surface area contributed by atoms with Crippen molar-refractivity contribution in [1.29, 1.82) is 0 Å². The van der Waals surface area contributed by atoms with Crippen LogP contribution < -0.4 is 9.64 Å². The highest BCUT2D eigenvalue weighted by molar-refractivity contribution is 8.00. The number of aromatic nitrogens is 2. The number of aliphatic hydroxyl groups is 1. The monoisotopic (exact) mass is 625 g/mol. The Kier molecular flexibility index (Phi) is 8.57. The third-order valence-electron chi connectivity index (χ3n) is 6.43. The van der Waals surface area contributed by atoms with Gasteiger partial charge < -0.3 is 14.6 Å². The second-order valence-electron chi connectivity index (χ2n) is 8.86. The number of carbonyl (C=O) groups is 3. The number of aliphatic hydroxyl groups excluding tert-OH is 1. The van der Waals surface area contributed by atoms with Crippen LogP contribution in [-0.4, -0.2) is 47.2 Å². The van der Waals surface area contributed by atoms with Crippen LogP contribution in [0.2, 0.25) is 5.02 Å². The lowest BCUT2D eigenvalue weighted by Crippen LogP contribution is -2.29. The third kappa shape index (κ3) is 5.60. The molecule has 1 N–H and O–H groups in total. The van der Waals surface area contributed by atoms with Gasteiger partial charge in [0.1, 0.15) is 5.76 Å². The quantitative estimate of drug-likeness (QED) is 0.0624. The van der Waals surface area contributed by atoms with E-state index in [0.29, 0.717) is 20.7 Å². The van der Waals surface area contributed by atoms with E-state index in [0.717, 1.165) is 27.9 Å². The molecule has 3 aromatic carbocycles. The zero-order valence-corrected chi connectivity index (χ0v) is 24.4. The van der Waals surface area contributed by atoms with Crippen LogP contribution >= 0.6 is 34.7 Å². The zero-order chi connectivity index (χ0) is 30.0. The maximum absolute atomic E-state index is 14.5. The Morgan fingerprint density at radius 1 is 1.07 bits per heavy atom. The molecule has 1 amide bonds. The molecule has 2 heterocycles. The van der Waals surface area contributed by atoms with Gasteiger partial charge in [0.05, 0.1) is 31.4 Å². The minimum Gasteiger partial charge on any atom is -0.507 e. The van der Waals surface area contributed by atoms with Crippen molar-refractivity contribution in [1.82, 2.24) is 10.2 Å². The number of esters is 1. The smallest absolute Gasteiger partial charge is 0.337 e. The van der Waals surface area contributed by atoms with Crippen molar-refractivity contribution in [2.45, 2.75) is 16.1 Å². The molecule has 42 heavy (non-hydrogen) atoms. The molecule has 1 fully saturated rings. The molecule has 0 spiro atoms. The van der Waals surface area contributed by atoms with E-state index in [9.17, 15) is 23.9 Å². The molecule has 4 aromatic rings. The number of ketones is 1. The van der Waals surface area contributed by atoms with Crippen LogP contribution in [0.25, 0.3) is 5.76 Å². The van der Waals surface area contributed by atoms with Gasteiger partial charge in [-0.25, -0.2) is 9.18 Å². The van der Waals surface area contributed by atoms with E-state index in [1.54, 1.807) is 6.07 Å². The number of amides is 1. The zero-order valence-electron chi connectivity index (χ0n) is 22.0. The van der Waals surface area contributed by atoms with E-state index in [-0.39, 0.29) is 27.6 Å². The molecule has 0 bridgehead atoms. The van der Waals surface area contributed by atoms with Crippen molar-refractivity contribution < 1.29 is 33.4 Å². The first-order valence-electron chi connectivity index (χ1n) is 12.3. The number of rotatable bonds is 8. The summed E-state index contributed by atoms with van der Waals surface area (Å²) >= 11 is 8.70. The van der Waals surface area contributed by atoms with Crippen molar-refractivity contribution in [3.63, 3.8) is 0 Å². The standard InChI is InChI=1S/C29H21ClFN3O6S2/c1-39-21-12-11-17(13-20(21)31)24(35)22-23(15-7-9-16(10-8-15)27(38)40-2)34(26(37)25(22)36)28-32-33-29(42-28)41-14-18-5-3-4-6-19(18)30/h3-13,23,35H,14H2,1-2H3. The molecule has 1 aliphatic heterocycles. The predicted molar refractivity (Wildman–Crippen MR) is 156 cm³/mol. The van der Waals surface area contributed by atoms with Crippen LogP contribution in [0.5, 0.6) is 5.75 Å². The van der Waals surface area contributed by atoms with Gasteiger partial charge in [-0.05, 0) is 47.5 Å². The lowest BCUT2D eigenvalue weighted by Gasteiger charge is -2.22. The average molecular weight is 626 g/mol. The molecule has 1 unspecified atom stereocenters. The van der Waals surface area contributed by atoms with Gasteiger partial charge in [-0.3, -0.25) is 14.5 Å². The summed E-state index contributed by atoms with van der Waals surface area (Å²) in [5.74, 6) is -3.44. The second kappa shape index (κ2) is 12.3. The minimum atomic E-state index is -1.16. The topological polar surface area (TPSA) is 119 Å². The molecule has 9 nitrogen and oxygen atoms in total. The van der Waals surface area contributed by atoms with E-state index in [2.05, 4.69) is 10.2 Å². The van der Waals surface area contributed by atoms with Crippen LogP contribution in [0.15, 0.2) is 76.6 Å². The molecule has 13 heteroatoms. The number of methoxy groups -OCH3 is 2. The highest BCUT2D eigenvalue weighted by atomic mass is 35.5. The lowest BCUT2D eigenvalue weighted by atomic mass is 9.94. The Bertz CT molecular complexity index is 1730. The highest BCUT2D eigenvalue weighted by Crippen LogP contribution is 2.44. The Hall–Kier alpha value is -4.26. The SMILES string of the molecule is COC(=O)c1ccc(C2C(=C(O)c3ccc(OC)c(F)c3)C(=O)C(=O)N2c2nnc(SCc3ccccc3Cl)s2)cc1. The molecule has 0 saturated carbocycles. The molecule has 1 aliphatic rings. The molecule has 1 aromatic heterocycles. The van der Waals surface area contributed by atoms with Crippen molar-refractivity contribution in [3.05, 3.63) is 105 Å². The Morgan fingerprint density at radius 2 is 1.79 bits per heavy atom. The summed E-state index contributed by atoms with van der Waals surface area (Å²) in [6.45, 7) is 0. The molecule has 1 saturated heterocycles. The van der Waals surface area contributed by atoms with E-state index < -0.39 is 35.3 Å². The number of anilines is 1. The molecule has 0 radical (unpaired) electrons. The summed E-state index contributed by atoms with van der Waals surface area (Å²) in [5.41, 5.74) is 1.20. The van der Waals surface area contributed by atoms with Crippen molar-refractivity contribution in [2.24, 2.45) is 0 Å². The Balaban J connectivity index is 1.57. The summed E-state index contributed by atoms with van der Waals surface area (Å²) in [4.78, 5) is 40.0. The normalized spacial score (nSPS) is 16.1. The fourth-order valence-corrected chi connectivity index (χ4v) is 6.50. The first-order valence-corrected chi connectivity index (χ1v) is 14.4. The summed E-state index contributed by atoms with van der Waals surface area (Å²) in [6.07, 6.45) is 0. The number of carbonyl (C=O) groups excluding carboxylic acids is 3. The number of Topliss-reactive ketones (excluding diaryl/α,β-unsaturated/α-hetero) is 1. The number of hydrogen-bond acceptors (Lipinski definition) is 10. The fourth-order valence-electron chi connectivity index (χ4n) is 4.35. The molecular weight excluding hydrogens is 605 g/mol. The van der Waals surface area contributed by atoms with Crippen LogP contribution in [-0.2, 0) is 20.1 Å². The predicted octanol–water partition coefficient (Wildman–Crippen LogP) is 6.04. The van der Waals surface area contributed by atoms with Crippen molar-refractivity contribution in [2.75, 3.05) is 19.1 Å². The van der Waals surface area contributed by atoms with Gasteiger partial charge in [-0.15, -0.1) is 10.2 Å². The first kappa shape index (κ1) is 29.2. The lowest BCUT2D eigenvalue weighted by molar-refractivity contribution is -0.132. The van der Waals surface area contributed by atoms with Gasteiger partial charge in [0.15, 0.2) is 15.9 Å². The number of nitrogens with zero attached hydrogens (tertiary/aromatic N) is 3. The number of ether oxygens (including phenoxy) is 2. The molecule has 1 atom stereocenters. The molecule has 214 valence electrons. The number of hydrogen-bond donors (Lipinski definition) is 1. The van der Waals surface area contributed by atoms with E-state index in [4.69, 9.17) is 21.1 Å². The molecule has 5 rings (SSSR count). The Labute approximate surface area is 252 Å². The summed E-state index contributed by atoms with van der Waals surface area (Å²) in [7, 11) is 2.54. The van der Waals surface area contributed by atoms with Crippen LogP contribution in [0.3, 0.4) is 0 Å². The summed E-state index contributed by atoms with van der Waals surface area (Å²) in [6, 6.07) is 15.9. The van der Waals surface area contributed by atoms with E-state index >= 15 is 0 Å². The second-order valence-corrected chi connectivity index (χ2v) is 11.4. The van der Waals surface area contributed by atoms with Gasteiger partial charge in [0, 0.05) is 16.3 Å². The van der Waals surface area contributed by atoms with E-state index in [1.807, 2.05) is 18.2 Å². The minimum absolute atomic E-state index is 0.0317. The van der Waals surface area contributed by atoms with Crippen LogP contribution in [0.1, 0.15) is 33.1 Å². The van der Waals surface area contributed by atoms with Crippen LogP contribution in [0.4, 0.5) is 9.52 Å². The fraction of sp³-hybridized carbons (Fsp3) is 0.138. The third-order valence-corrected chi connectivity index (χ3v) is 8.90. The average Bonchev–Trinajstić information content (AvgIpc) is 3.57. The maximum Gasteiger partial charge on any atom is 0.337 e. The highest BCUT2D eigenvalue weighted by Gasteiger charge is 2.48. The van der Waals surface area contributed by atoms with Gasteiger partial charge in [-0.2, -0.15) is 0 Å². The van der Waals surface area contributed by atoms with Gasteiger partial charge in [-0.1, -0.05) is 65.0 Å². The Morgan fingerprint density at radius 3 is 2.45 bits per heavy atom. The van der Waals surface area contributed by atoms with E-state index in [1.165, 1.54) is 62.4 Å². The largest absolute Gasteiger partial charge is 0.507 e. The summed E-state index contributed by atoms with van der Waals surface area (Å²) < 4.78 is 24.7. The van der Waals surface area contributed by atoms with Crippen LogP contribution in [0, 0.1) is 5.82 Å². The number of halogens is 2. The van der Waals surface area contributed by atoms with Gasteiger partial charge >= 0.3 is 11.9 Å². The van der Waals surface area contributed by atoms with Gasteiger partial charge in [0.2, 0.25) is 5.13 Å². The number of benzene rings is 3. The van der Waals surface area contributed by atoms with Gasteiger partial charge in [0.25, 0.3) is 5.78 Å². The first-order chi connectivity index (χ1) is 20.2.